The van der Waals surface area contributed by atoms with E-state index in [-0.39, 0.29) is 0 Å². The lowest BCUT2D eigenvalue weighted by Gasteiger charge is -2.19. The molecule has 20 heavy (non-hydrogen) atoms. The molecule has 0 heterocycles. The van der Waals surface area contributed by atoms with Gasteiger partial charge in [0.2, 0.25) is 0 Å². The molecule has 0 spiro atoms. The summed E-state index contributed by atoms with van der Waals surface area (Å²) in [6.07, 6.45) is 10.9. The van der Waals surface area contributed by atoms with E-state index in [4.69, 9.17) is 0 Å². The molecule has 1 nitrogen and oxygen atoms in total. The number of hydrogen-bond donors (Lipinski definition) is 1. The van der Waals surface area contributed by atoms with Crippen molar-refractivity contribution in [3.63, 3.8) is 0 Å². The Balaban J connectivity index is 2.31. The molecule has 0 aliphatic carbocycles. The molecule has 0 saturated heterocycles. The van der Waals surface area contributed by atoms with Crippen LogP contribution in [0.5, 0.6) is 0 Å². The third kappa shape index (κ3) is 6.90. The molecule has 0 amide bonds. The minimum absolute atomic E-state index is 0.492. The monoisotopic (exact) mass is 339 g/mol. The summed E-state index contributed by atoms with van der Waals surface area (Å²) in [5.41, 5.74) is 1.40. The SMILES string of the molecule is CCCCCCCCCC(NCC)c1ccccc1Br. The van der Waals surface area contributed by atoms with Crippen molar-refractivity contribution >= 4 is 15.9 Å². The van der Waals surface area contributed by atoms with E-state index in [1.54, 1.807) is 0 Å². The molecule has 0 aliphatic heterocycles. The average Bonchev–Trinajstić information content (AvgIpc) is 2.46. The molecule has 0 aromatic heterocycles. The molecule has 0 saturated carbocycles. The minimum atomic E-state index is 0.492. The number of rotatable bonds is 11. The molecule has 0 fully saturated rings. The molecule has 0 radical (unpaired) electrons. The van der Waals surface area contributed by atoms with E-state index in [0.717, 1.165) is 6.54 Å². The van der Waals surface area contributed by atoms with Gasteiger partial charge in [-0.15, -0.1) is 0 Å². The molecule has 2 heteroatoms. The molecule has 1 N–H and O–H groups in total. The van der Waals surface area contributed by atoms with Crippen LogP contribution in [-0.2, 0) is 0 Å². The van der Waals surface area contributed by atoms with Gasteiger partial charge >= 0.3 is 0 Å². The first-order valence-corrected chi connectivity index (χ1v) is 9.06. The van der Waals surface area contributed by atoms with E-state index in [1.807, 2.05) is 0 Å². The molecule has 1 rings (SSSR count). The first-order valence-electron chi connectivity index (χ1n) is 8.27. The van der Waals surface area contributed by atoms with Crippen LogP contribution in [-0.4, -0.2) is 6.54 Å². The summed E-state index contributed by atoms with van der Waals surface area (Å²) in [6, 6.07) is 9.09. The van der Waals surface area contributed by atoms with E-state index in [9.17, 15) is 0 Å². The minimum Gasteiger partial charge on any atom is -0.310 e. The Kier molecular flexibility index (Phi) is 10.0. The van der Waals surface area contributed by atoms with Gasteiger partial charge in [0.05, 0.1) is 0 Å². The van der Waals surface area contributed by atoms with Crippen molar-refractivity contribution in [3.8, 4) is 0 Å². The molecule has 1 aromatic rings. The van der Waals surface area contributed by atoms with Crippen molar-refractivity contribution in [2.45, 2.75) is 71.3 Å². The first-order chi connectivity index (χ1) is 9.79. The van der Waals surface area contributed by atoms with Gasteiger partial charge in [-0.3, -0.25) is 0 Å². The van der Waals surface area contributed by atoms with E-state index in [0.29, 0.717) is 6.04 Å². The van der Waals surface area contributed by atoms with Crippen molar-refractivity contribution in [1.29, 1.82) is 0 Å². The summed E-state index contributed by atoms with van der Waals surface area (Å²) < 4.78 is 1.23. The molecule has 1 unspecified atom stereocenters. The van der Waals surface area contributed by atoms with Crippen LogP contribution in [0.25, 0.3) is 0 Å². The molecular weight excluding hydrogens is 310 g/mol. The number of unbranched alkanes of at least 4 members (excludes halogenated alkanes) is 6. The molecule has 1 aromatic carbocycles. The largest absolute Gasteiger partial charge is 0.310 e. The first kappa shape index (κ1) is 17.7. The maximum Gasteiger partial charge on any atom is 0.0331 e. The van der Waals surface area contributed by atoms with Crippen LogP contribution in [0.4, 0.5) is 0 Å². The Bertz CT molecular complexity index is 351. The topological polar surface area (TPSA) is 12.0 Å². The number of halogens is 1. The quantitative estimate of drug-likeness (QED) is 0.470. The van der Waals surface area contributed by atoms with Crippen molar-refractivity contribution < 1.29 is 0 Å². The predicted molar refractivity (Wildman–Crippen MR) is 93.2 cm³/mol. The highest BCUT2D eigenvalue weighted by Crippen LogP contribution is 2.27. The van der Waals surface area contributed by atoms with Gasteiger partial charge in [0.1, 0.15) is 0 Å². The fourth-order valence-electron chi connectivity index (χ4n) is 2.68. The van der Waals surface area contributed by atoms with Crippen molar-refractivity contribution in [2.75, 3.05) is 6.54 Å². The maximum absolute atomic E-state index is 3.68. The van der Waals surface area contributed by atoms with Gasteiger partial charge in [-0.05, 0) is 24.6 Å². The zero-order chi connectivity index (χ0) is 14.6. The van der Waals surface area contributed by atoms with Crippen LogP contribution in [0, 0.1) is 0 Å². The third-order valence-electron chi connectivity index (χ3n) is 3.83. The molecular formula is C18H30BrN. The summed E-state index contributed by atoms with van der Waals surface area (Å²) in [6.45, 7) is 5.50. The highest BCUT2D eigenvalue weighted by atomic mass is 79.9. The second-order valence-electron chi connectivity index (χ2n) is 5.54. The summed E-state index contributed by atoms with van der Waals surface area (Å²) in [4.78, 5) is 0. The maximum atomic E-state index is 3.68. The van der Waals surface area contributed by atoms with Crippen LogP contribution < -0.4 is 5.32 Å². The average molecular weight is 340 g/mol. The smallest absolute Gasteiger partial charge is 0.0331 e. The van der Waals surface area contributed by atoms with Crippen LogP contribution in [0.1, 0.15) is 76.8 Å². The van der Waals surface area contributed by atoms with E-state index >= 15 is 0 Å². The lowest BCUT2D eigenvalue weighted by molar-refractivity contribution is 0.474. The Morgan fingerprint density at radius 1 is 0.950 bits per heavy atom. The number of benzene rings is 1. The normalized spacial score (nSPS) is 12.6. The Morgan fingerprint density at radius 3 is 2.25 bits per heavy atom. The van der Waals surface area contributed by atoms with Gasteiger partial charge < -0.3 is 5.32 Å². The summed E-state index contributed by atoms with van der Waals surface area (Å²) in [7, 11) is 0. The number of hydrogen-bond acceptors (Lipinski definition) is 1. The van der Waals surface area contributed by atoms with Crippen LogP contribution >= 0.6 is 15.9 Å². The summed E-state index contributed by atoms with van der Waals surface area (Å²) in [5.74, 6) is 0. The van der Waals surface area contributed by atoms with Gasteiger partial charge in [-0.25, -0.2) is 0 Å². The third-order valence-corrected chi connectivity index (χ3v) is 4.55. The second kappa shape index (κ2) is 11.3. The highest BCUT2D eigenvalue weighted by molar-refractivity contribution is 9.10. The molecule has 0 bridgehead atoms. The summed E-state index contributed by atoms with van der Waals surface area (Å²) >= 11 is 3.68. The molecule has 114 valence electrons. The second-order valence-corrected chi connectivity index (χ2v) is 6.40. The Labute approximate surface area is 133 Å². The fourth-order valence-corrected chi connectivity index (χ4v) is 3.24. The number of nitrogens with one attached hydrogen (secondary N) is 1. The Hall–Kier alpha value is -0.340. The zero-order valence-electron chi connectivity index (χ0n) is 13.1. The van der Waals surface area contributed by atoms with E-state index in [2.05, 4.69) is 59.4 Å². The van der Waals surface area contributed by atoms with Crippen LogP contribution in [0.2, 0.25) is 0 Å². The Morgan fingerprint density at radius 2 is 1.60 bits per heavy atom. The highest BCUT2D eigenvalue weighted by Gasteiger charge is 2.12. The predicted octanol–water partition coefficient (Wildman–Crippen LogP) is 6.24. The van der Waals surface area contributed by atoms with Crippen molar-refractivity contribution in [3.05, 3.63) is 34.3 Å². The van der Waals surface area contributed by atoms with Gasteiger partial charge in [0.15, 0.2) is 0 Å². The van der Waals surface area contributed by atoms with Crippen molar-refractivity contribution in [2.24, 2.45) is 0 Å². The molecule has 0 aliphatic rings. The van der Waals surface area contributed by atoms with Gasteiger partial charge in [-0.1, -0.05) is 92.9 Å². The lowest BCUT2D eigenvalue weighted by atomic mass is 9.99. The van der Waals surface area contributed by atoms with Crippen LogP contribution in [0.15, 0.2) is 28.7 Å². The van der Waals surface area contributed by atoms with Crippen molar-refractivity contribution in [1.82, 2.24) is 5.32 Å². The van der Waals surface area contributed by atoms with E-state index < -0.39 is 0 Å². The summed E-state index contributed by atoms with van der Waals surface area (Å²) in [5, 5.41) is 3.62. The standard InChI is InChI=1S/C18H30BrN/c1-3-5-6-7-8-9-10-15-18(20-4-2)16-13-11-12-14-17(16)19/h11-14,18,20H,3-10,15H2,1-2H3. The fraction of sp³-hybridized carbons (Fsp3) is 0.667. The molecule has 1 atom stereocenters. The van der Waals surface area contributed by atoms with Gasteiger partial charge in [-0.2, -0.15) is 0 Å². The van der Waals surface area contributed by atoms with Crippen LogP contribution in [0.3, 0.4) is 0 Å². The van der Waals surface area contributed by atoms with Gasteiger partial charge in [0.25, 0.3) is 0 Å². The zero-order valence-corrected chi connectivity index (χ0v) is 14.7. The lowest BCUT2D eigenvalue weighted by Crippen LogP contribution is -2.21. The van der Waals surface area contributed by atoms with Gasteiger partial charge in [0, 0.05) is 10.5 Å². The van der Waals surface area contributed by atoms with E-state index in [1.165, 1.54) is 61.4 Å².